The molecule has 7 heteroatoms. The number of phenolic OH excluding ortho intramolecular Hbond substituents is 1. The van der Waals surface area contributed by atoms with E-state index in [1.165, 1.54) is 43.6 Å². The highest BCUT2D eigenvalue weighted by Crippen LogP contribution is 2.28. The third-order valence-corrected chi connectivity index (χ3v) is 2.69. The highest BCUT2D eigenvalue weighted by molar-refractivity contribution is 6.09. The Labute approximate surface area is 119 Å². The molecular weight excluding hydrogens is 276 g/mol. The molecule has 7 nitrogen and oxygen atoms in total. The Kier molecular flexibility index (Phi) is 4.03. The topological polar surface area (TPSA) is 109 Å². The van der Waals surface area contributed by atoms with E-state index >= 15 is 0 Å². The van der Waals surface area contributed by atoms with Crippen LogP contribution in [-0.4, -0.2) is 34.2 Å². The fourth-order valence-corrected chi connectivity index (χ4v) is 1.72. The number of nitrogens with zero attached hydrogens (tertiary/aromatic N) is 1. The highest BCUT2D eigenvalue weighted by Gasteiger charge is 2.18. The van der Waals surface area contributed by atoms with Gasteiger partial charge in [0.25, 0.3) is 5.91 Å². The van der Waals surface area contributed by atoms with Gasteiger partial charge in [-0.15, -0.1) is 0 Å². The number of hydrogen-bond acceptors (Lipinski definition) is 5. The van der Waals surface area contributed by atoms with E-state index in [0.717, 1.165) is 0 Å². The molecule has 0 aliphatic rings. The van der Waals surface area contributed by atoms with Crippen molar-refractivity contribution >= 4 is 17.6 Å². The Morgan fingerprint density at radius 1 is 1.29 bits per heavy atom. The Hall–Kier alpha value is -3.09. The maximum absolute atomic E-state index is 12.1. The molecule has 0 fully saturated rings. The zero-order valence-corrected chi connectivity index (χ0v) is 11.0. The normalized spacial score (nSPS) is 9.95. The molecule has 21 heavy (non-hydrogen) atoms. The number of aromatic carboxylic acids is 1. The molecule has 3 N–H and O–H groups in total. The molecule has 0 aliphatic heterocycles. The molecule has 0 atom stereocenters. The largest absolute Gasteiger partial charge is 0.504 e. The smallest absolute Gasteiger partial charge is 0.338 e. The first-order chi connectivity index (χ1) is 10.0. The van der Waals surface area contributed by atoms with Gasteiger partial charge in [0.05, 0.1) is 12.7 Å². The standard InChI is InChI=1S/C14H12N2O5/c1-21-11-5-4-8(7-10(11)17)16-13(18)12-9(14(19)20)3-2-6-15-12/h2-7,17H,1H3,(H,16,18)(H,19,20). The average Bonchev–Trinajstić information content (AvgIpc) is 2.47. The van der Waals surface area contributed by atoms with Crippen molar-refractivity contribution in [2.45, 2.75) is 0 Å². The van der Waals surface area contributed by atoms with E-state index < -0.39 is 11.9 Å². The van der Waals surface area contributed by atoms with E-state index in [0.29, 0.717) is 5.69 Å². The molecule has 2 rings (SSSR count). The zero-order chi connectivity index (χ0) is 15.4. The van der Waals surface area contributed by atoms with Gasteiger partial charge in [-0.25, -0.2) is 4.79 Å². The number of carbonyl (C=O) groups is 2. The van der Waals surface area contributed by atoms with Crippen molar-refractivity contribution in [2.24, 2.45) is 0 Å². The fourth-order valence-electron chi connectivity index (χ4n) is 1.72. The van der Waals surface area contributed by atoms with Crippen LogP contribution < -0.4 is 10.1 Å². The summed E-state index contributed by atoms with van der Waals surface area (Å²) in [6, 6.07) is 7.00. The number of methoxy groups -OCH3 is 1. The summed E-state index contributed by atoms with van der Waals surface area (Å²) >= 11 is 0. The minimum absolute atomic E-state index is 0.144. The van der Waals surface area contributed by atoms with Gasteiger partial charge in [0, 0.05) is 18.0 Å². The quantitative estimate of drug-likeness (QED) is 0.790. The van der Waals surface area contributed by atoms with Gasteiger partial charge in [-0.05, 0) is 24.3 Å². The van der Waals surface area contributed by atoms with Crippen molar-refractivity contribution in [3.8, 4) is 11.5 Å². The molecule has 1 aromatic heterocycles. The zero-order valence-electron chi connectivity index (χ0n) is 11.0. The molecule has 0 saturated carbocycles. The summed E-state index contributed by atoms with van der Waals surface area (Å²) in [5, 5.41) is 21.1. The first-order valence-corrected chi connectivity index (χ1v) is 5.89. The SMILES string of the molecule is COc1ccc(NC(=O)c2ncccc2C(=O)O)cc1O. The van der Waals surface area contributed by atoms with Gasteiger partial charge in [-0.1, -0.05) is 0 Å². The molecule has 1 aromatic carbocycles. The lowest BCUT2D eigenvalue weighted by Crippen LogP contribution is -2.18. The number of carboxylic acids is 1. The highest BCUT2D eigenvalue weighted by atomic mass is 16.5. The van der Waals surface area contributed by atoms with Crippen molar-refractivity contribution < 1.29 is 24.5 Å². The number of phenols is 1. The number of carboxylic acid groups (broad SMARTS) is 1. The summed E-state index contributed by atoms with van der Waals surface area (Å²) in [4.78, 5) is 26.9. The number of ether oxygens (including phenoxy) is 1. The van der Waals surface area contributed by atoms with Crippen LogP contribution in [0.1, 0.15) is 20.8 Å². The number of pyridine rings is 1. The number of hydrogen-bond donors (Lipinski definition) is 3. The number of rotatable bonds is 4. The van der Waals surface area contributed by atoms with Crippen LogP contribution in [0.25, 0.3) is 0 Å². The van der Waals surface area contributed by atoms with E-state index in [-0.39, 0.29) is 22.8 Å². The molecular formula is C14H12N2O5. The van der Waals surface area contributed by atoms with Gasteiger partial charge in [0.15, 0.2) is 11.5 Å². The van der Waals surface area contributed by atoms with Crippen molar-refractivity contribution in [1.82, 2.24) is 4.98 Å². The van der Waals surface area contributed by atoms with Crippen molar-refractivity contribution in [3.05, 3.63) is 47.8 Å². The van der Waals surface area contributed by atoms with Gasteiger partial charge < -0.3 is 20.3 Å². The summed E-state index contributed by atoms with van der Waals surface area (Å²) in [5.41, 5.74) is -0.117. The Morgan fingerprint density at radius 2 is 2.05 bits per heavy atom. The molecule has 0 aliphatic carbocycles. The molecule has 0 spiro atoms. The van der Waals surface area contributed by atoms with Crippen LogP contribution in [0.3, 0.4) is 0 Å². The van der Waals surface area contributed by atoms with Crippen LogP contribution in [-0.2, 0) is 0 Å². The predicted molar refractivity (Wildman–Crippen MR) is 73.8 cm³/mol. The first kappa shape index (κ1) is 14.3. The minimum atomic E-state index is -1.24. The molecule has 0 bridgehead atoms. The van der Waals surface area contributed by atoms with Crippen LogP contribution >= 0.6 is 0 Å². The average molecular weight is 288 g/mol. The van der Waals surface area contributed by atoms with E-state index in [9.17, 15) is 14.7 Å². The molecule has 1 heterocycles. The predicted octanol–water partition coefficient (Wildman–Crippen LogP) is 1.75. The van der Waals surface area contributed by atoms with E-state index in [4.69, 9.17) is 9.84 Å². The van der Waals surface area contributed by atoms with Gasteiger partial charge in [0.1, 0.15) is 5.69 Å². The molecule has 108 valence electrons. The number of aromatic nitrogens is 1. The fraction of sp³-hybridized carbons (Fsp3) is 0.0714. The van der Waals surface area contributed by atoms with E-state index in [1.54, 1.807) is 0 Å². The number of amides is 1. The van der Waals surface area contributed by atoms with Crippen LogP contribution in [0.15, 0.2) is 36.5 Å². The first-order valence-electron chi connectivity index (χ1n) is 5.89. The van der Waals surface area contributed by atoms with Crippen LogP contribution in [0.4, 0.5) is 5.69 Å². The second-order valence-corrected chi connectivity index (χ2v) is 4.05. The number of aromatic hydroxyl groups is 1. The van der Waals surface area contributed by atoms with Crippen molar-refractivity contribution in [1.29, 1.82) is 0 Å². The summed E-state index contributed by atoms with van der Waals surface area (Å²) in [7, 11) is 1.40. The lowest BCUT2D eigenvalue weighted by molar-refractivity contribution is 0.0691. The third kappa shape index (κ3) is 3.08. The molecule has 2 aromatic rings. The summed E-state index contributed by atoms with van der Waals surface area (Å²) in [6.07, 6.45) is 1.33. The number of anilines is 1. The van der Waals surface area contributed by atoms with Crippen LogP contribution in [0.5, 0.6) is 11.5 Å². The third-order valence-electron chi connectivity index (χ3n) is 2.69. The summed E-state index contributed by atoms with van der Waals surface area (Å²) < 4.78 is 4.89. The minimum Gasteiger partial charge on any atom is -0.504 e. The Bertz CT molecular complexity index is 700. The maximum Gasteiger partial charge on any atom is 0.338 e. The number of nitrogens with one attached hydrogen (secondary N) is 1. The maximum atomic E-state index is 12.1. The molecule has 0 radical (unpaired) electrons. The number of benzene rings is 1. The van der Waals surface area contributed by atoms with Crippen molar-refractivity contribution in [3.63, 3.8) is 0 Å². The lowest BCUT2D eigenvalue weighted by atomic mass is 10.2. The van der Waals surface area contributed by atoms with Crippen LogP contribution in [0, 0.1) is 0 Å². The van der Waals surface area contributed by atoms with E-state index in [1.807, 2.05) is 0 Å². The van der Waals surface area contributed by atoms with Gasteiger partial charge in [0.2, 0.25) is 0 Å². The van der Waals surface area contributed by atoms with Crippen LogP contribution in [0.2, 0.25) is 0 Å². The second-order valence-electron chi connectivity index (χ2n) is 4.05. The molecule has 1 amide bonds. The summed E-state index contributed by atoms with van der Waals surface area (Å²) in [5.74, 6) is -1.81. The van der Waals surface area contributed by atoms with Crippen molar-refractivity contribution in [2.75, 3.05) is 12.4 Å². The van der Waals surface area contributed by atoms with E-state index in [2.05, 4.69) is 10.3 Å². The van der Waals surface area contributed by atoms with Gasteiger partial charge in [-0.2, -0.15) is 0 Å². The summed E-state index contributed by atoms with van der Waals surface area (Å²) in [6.45, 7) is 0. The lowest BCUT2D eigenvalue weighted by Gasteiger charge is -2.09. The van der Waals surface area contributed by atoms with Gasteiger partial charge in [-0.3, -0.25) is 9.78 Å². The second kappa shape index (κ2) is 5.91. The monoisotopic (exact) mass is 288 g/mol. The molecule has 0 unspecified atom stereocenters. The molecule has 0 saturated heterocycles. The Morgan fingerprint density at radius 3 is 2.67 bits per heavy atom. The van der Waals surface area contributed by atoms with Gasteiger partial charge >= 0.3 is 5.97 Å². The Balaban J connectivity index is 2.26. The number of carbonyl (C=O) groups excluding carboxylic acids is 1.